The lowest BCUT2D eigenvalue weighted by Crippen LogP contribution is -2.39. The zero-order valence-corrected chi connectivity index (χ0v) is 13.2. The predicted octanol–water partition coefficient (Wildman–Crippen LogP) is 2.04. The molecule has 0 bridgehead atoms. The summed E-state index contributed by atoms with van der Waals surface area (Å²) in [6, 6.07) is 0.0336. The minimum absolute atomic E-state index is 0.0321. The third-order valence-corrected chi connectivity index (χ3v) is 3.76. The van der Waals surface area contributed by atoms with Crippen molar-refractivity contribution in [2.45, 2.75) is 59.4 Å². The van der Waals surface area contributed by atoms with Crippen molar-refractivity contribution < 1.29 is 9.90 Å². The lowest BCUT2D eigenvalue weighted by Gasteiger charge is -2.22. The van der Waals surface area contributed by atoms with Gasteiger partial charge < -0.3 is 10.4 Å². The molecular formula is C15H27N3O2. The second-order valence-corrected chi connectivity index (χ2v) is 5.88. The average molecular weight is 281 g/mol. The van der Waals surface area contributed by atoms with Crippen LogP contribution in [0.4, 0.5) is 0 Å². The van der Waals surface area contributed by atoms with Gasteiger partial charge >= 0.3 is 0 Å². The van der Waals surface area contributed by atoms with Crippen molar-refractivity contribution in [2.24, 2.45) is 5.92 Å². The summed E-state index contributed by atoms with van der Waals surface area (Å²) in [5, 5.41) is 19.2. The van der Waals surface area contributed by atoms with E-state index in [9.17, 15) is 4.79 Å². The van der Waals surface area contributed by atoms with E-state index in [-0.39, 0.29) is 24.5 Å². The minimum Gasteiger partial charge on any atom is -0.396 e. The molecule has 114 valence electrons. The summed E-state index contributed by atoms with van der Waals surface area (Å²) < 4.78 is 0. The van der Waals surface area contributed by atoms with E-state index in [4.69, 9.17) is 5.11 Å². The SMILES string of the molecule is Cc1n[nH]c(C)c1C(C)CC(=O)NC(CCO)C(C)C. The highest BCUT2D eigenvalue weighted by molar-refractivity contribution is 5.77. The Labute approximate surface area is 121 Å². The number of hydrogen-bond donors (Lipinski definition) is 3. The minimum atomic E-state index is 0.0321. The Balaban J connectivity index is 2.62. The smallest absolute Gasteiger partial charge is 0.220 e. The molecule has 0 saturated heterocycles. The number of H-pyrrole nitrogens is 1. The van der Waals surface area contributed by atoms with Gasteiger partial charge in [0.15, 0.2) is 0 Å². The highest BCUT2D eigenvalue weighted by Gasteiger charge is 2.20. The van der Waals surface area contributed by atoms with E-state index in [1.807, 2.05) is 20.8 Å². The van der Waals surface area contributed by atoms with E-state index in [0.29, 0.717) is 18.8 Å². The van der Waals surface area contributed by atoms with Crippen LogP contribution in [0.3, 0.4) is 0 Å². The number of aliphatic hydroxyl groups is 1. The fourth-order valence-corrected chi connectivity index (χ4v) is 2.64. The third kappa shape index (κ3) is 4.34. The van der Waals surface area contributed by atoms with E-state index < -0.39 is 0 Å². The summed E-state index contributed by atoms with van der Waals surface area (Å²) in [4.78, 5) is 12.1. The van der Waals surface area contributed by atoms with Gasteiger partial charge in [0, 0.05) is 24.8 Å². The molecule has 0 spiro atoms. The molecule has 2 unspecified atom stereocenters. The van der Waals surface area contributed by atoms with Crippen molar-refractivity contribution >= 4 is 5.91 Å². The normalized spacial score (nSPS) is 14.3. The van der Waals surface area contributed by atoms with Gasteiger partial charge in [-0.25, -0.2) is 0 Å². The molecule has 1 aromatic heterocycles. The first kappa shape index (κ1) is 16.7. The predicted molar refractivity (Wildman–Crippen MR) is 79.6 cm³/mol. The number of aromatic amines is 1. The van der Waals surface area contributed by atoms with Gasteiger partial charge in [-0.3, -0.25) is 9.89 Å². The molecule has 1 heterocycles. The number of nitrogens with zero attached hydrogens (tertiary/aromatic N) is 1. The Morgan fingerprint density at radius 2 is 2.00 bits per heavy atom. The molecule has 3 N–H and O–H groups in total. The van der Waals surface area contributed by atoms with E-state index in [0.717, 1.165) is 17.0 Å². The molecule has 1 rings (SSSR count). The summed E-state index contributed by atoms with van der Waals surface area (Å²) in [5.41, 5.74) is 3.11. The van der Waals surface area contributed by atoms with Crippen LogP contribution < -0.4 is 5.32 Å². The van der Waals surface area contributed by atoms with Crippen molar-refractivity contribution in [1.82, 2.24) is 15.5 Å². The number of carbonyl (C=O) groups excluding carboxylic acids is 1. The van der Waals surface area contributed by atoms with E-state index in [1.54, 1.807) is 0 Å². The first-order chi connectivity index (χ1) is 9.36. The van der Waals surface area contributed by atoms with Crippen LogP contribution in [0.25, 0.3) is 0 Å². The first-order valence-corrected chi connectivity index (χ1v) is 7.28. The van der Waals surface area contributed by atoms with Gasteiger partial charge in [-0.1, -0.05) is 20.8 Å². The molecule has 0 radical (unpaired) electrons. The van der Waals surface area contributed by atoms with Crippen LogP contribution >= 0.6 is 0 Å². The standard InChI is InChI=1S/C15H27N3O2/c1-9(2)13(6-7-19)16-14(20)8-10(3)15-11(4)17-18-12(15)5/h9-10,13,19H,6-8H2,1-5H3,(H,16,20)(H,17,18). The number of carbonyl (C=O) groups is 1. The topological polar surface area (TPSA) is 78.0 Å². The van der Waals surface area contributed by atoms with Gasteiger partial charge in [-0.05, 0) is 37.7 Å². The highest BCUT2D eigenvalue weighted by Crippen LogP contribution is 2.24. The van der Waals surface area contributed by atoms with Gasteiger partial charge in [-0.2, -0.15) is 5.10 Å². The van der Waals surface area contributed by atoms with Crippen LogP contribution in [0, 0.1) is 19.8 Å². The van der Waals surface area contributed by atoms with Crippen molar-refractivity contribution in [3.63, 3.8) is 0 Å². The monoisotopic (exact) mass is 281 g/mol. The molecule has 0 saturated carbocycles. The summed E-state index contributed by atoms with van der Waals surface area (Å²) >= 11 is 0. The summed E-state index contributed by atoms with van der Waals surface area (Å²) in [7, 11) is 0. The Bertz CT molecular complexity index is 421. The van der Waals surface area contributed by atoms with Crippen LogP contribution in [0.15, 0.2) is 0 Å². The van der Waals surface area contributed by atoms with Crippen molar-refractivity contribution in [3.05, 3.63) is 17.0 Å². The highest BCUT2D eigenvalue weighted by atomic mass is 16.3. The number of aromatic nitrogens is 2. The van der Waals surface area contributed by atoms with E-state index in [2.05, 4.69) is 29.4 Å². The maximum absolute atomic E-state index is 12.1. The van der Waals surface area contributed by atoms with Crippen molar-refractivity contribution in [2.75, 3.05) is 6.61 Å². The van der Waals surface area contributed by atoms with Crippen molar-refractivity contribution in [3.8, 4) is 0 Å². The maximum Gasteiger partial charge on any atom is 0.220 e. The van der Waals surface area contributed by atoms with Gasteiger partial charge in [0.1, 0.15) is 0 Å². The molecule has 0 aliphatic heterocycles. The van der Waals surface area contributed by atoms with E-state index >= 15 is 0 Å². The number of aliphatic hydroxyl groups excluding tert-OH is 1. The van der Waals surface area contributed by atoms with Gasteiger partial charge in [0.05, 0.1) is 5.69 Å². The molecule has 5 heteroatoms. The van der Waals surface area contributed by atoms with Gasteiger partial charge in [-0.15, -0.1) is 0 Å². The third-order valence-electron chi connectivity index (χ3n) is 3.76. The molecule has 1 aromatic rings. The number of rotatable bonds is 7. The molecular weight excluding hydrogens is 254 g/mol. The number of aryl methyl sites for hydroxylation is 2. The number of hydrogen-bond acceptors (Lipinski definition) is 3. The second-order valence-electron chi connectivity index (χ2n) is 5.88. The Hall–Kier alpha value is -1.36. The molecule has 1 amide bonds. The Morgan fingerprint density at radius 1 is 1.35 bits per heavy atom. The van der Waals surface area contributed by atoms with Crippen LogP contribution in [-0.4, -0.2) is 33.9 Å². The zero-order valence-electron chi connectivity index (χ0n) is 13.2. The quantitative estimate of drug-likeness (QED) is 0.715. The summed E-state index contributed by atoms with van der Waals surface area (Å²) in [5.74, 6) is 0.485. The lowest BCUT2D eigenvalue weighted by molar-refractivity contribution is -0.122. The fourth-order valence-electron chi connectivity index (χ4n) is 2.64. The summed E-state index contributed by atoms with van der Waals surface area (Å²) in [6.07, 6.45) is 1.04. The molecule has 0 aliphatic carbocycles. The van der Waals surface area contributed by atoms with E-state index in [1.165, 1.54) is 0 Å². The lowest BCUT2D eigenvalue weighted by atomic mass is 9.94. The zero-order chi connectivity index (χ0) is 15.3. The Morgan fingerprint density at radius 3 is 2.45 bits per heavy atom. The van der Waals surface area contributed by atoms with Gasteiger partial charge in [0.25, 0.3) is 0 Å². The number of amides is 1. The molecule has 0 fully saturated rings. The molecule has 2 atom stereocenters. The Kier molecular flexibility index (Phi) is 6.20. The van der Waals surface area contributed by atoms with Crippen LogP contribution in [0.5, 0.6) is 0 Å². The molecule has 20 heavy (non-hydrogen) atoms. The average Bonchev–Trinajstić information content (AvgIpc) is 2.68. The van der Waals surface area contributed by atoms with Crippen LogP contribution in [0.2, 0.25) is 0 Å². The fraction of sp³-hybridized carbons (Fsp3) is 0.733. The van der Waals surface area contributed by atoms with Crippen LogP contribution in [0.1, 0.15) is 56.5 Å². The molecule has 0 aliphatic rings. The van der Waals surface area contributed by atoms with Crippen molar-refractivity contribution in [1.29, 1.82) is 0 Å². The molecule has 0 aromatic carbocycles. The number of nitrogens with one attached hydrogen (secondary N) is 2. The van der Waals surface area contributed by atoms with Gasteiger partial charge in [0.2, 0.25) is 5.91 Å². The second kappa shape index (κ2) is 7.43. The summed E-state index contributed by atoms with van der Waals surface area (Å²) in [6.45, 7) is 10.2. The largest absolute Gasteiger partial charge is 0.396 e. The van der Waals surface area contributed by atoms with Crippen LogP contribution in [-0.2, 0) is 4.79 Å². The maximum atomic E-state index is 12.1. The first-order valence-electron chi connectivity index (χ1n) is 7.28. The molecule has 5 nitrogen and oxygen atoms in total.